The third-order valence-corrected chi connectivity index (χ3v) is 5.23. The topological polar surface area (TPSA) is 78.4 Å². The molecule has 0 bridgehead atoms. The number of aryl methyl sites for hydroxylation is 1. The number of amides is 1. The van der Waals surface area contributed by atoms with Gasteiger partial charge in [-0.1, -0.05) is 0 Å². The second-order valence-corrected chi connectivity index (χ2v) is 7.12. The van der Waals surface area contributed by atoms with Gasteiger partial charge in [-0.3, -0.25) is 4.79 Å². The number of piperidine rings is 1. The largest absolute Gasteiger partial charge is 0.355 e. The Morgan fingerprint density at radius 2 is 1.59 bits per heavy atom. The lowest BCUT2D eigenvalue weighted by Crippen LogP contribution is -2.49. The van der Waals surface area contributed by atoms with Crippen LogP contribution in [-0.4, -0.2) is 70.2 Å². The highest BCUT2D eigenvalue weighted by molar-refractivity contribution is 5.92. The van der Waals surface area contributed by atoms with Crippen molar-refractivity contribution in [3.05, 3.63) is 35.9 Å². The summed E-state index contributed by atoms with van der Waals surface area (Å²) in [5.74, 6) is 1.74. The van der Waals surface area contributed by atoms with Gasteiger partial charge in [0.1, 0.15) is 12.1 Å². The summed E-state index contributed by atoms with van der Waals surface area (Å²) in [6.45, 7) is 6.80. The molecule has 0 saturated carbocycles. The van der Waals surface area contributed by atoms with Crippen LogP contribution in [0.4, 0.5) is 11.6 Å². The van der Waals surface area contributed by atoms with Gasteiger partial charge in [0.2, 0.25) is 0 Å². The van der Waals surface area contributed by atoms with E-state index in [2.05, 4.69) is 30.0 Å². The molecule has 8 heteroatoms. The fourth-order valence-corrected chi connectivity index (χ4v) is 3.64. The number of nitrogens with zero attached hydrogens (tertiary/aromatic N) is 7. The summed E-state index contributed by atoms with van der Waals surface area (Å²) in [7, 11) is 0. The van der Waals surface area contributed by atoms with Crippen LogP contribution in [0.1, 0.15) is 35.4 Å². The summed E-state index contributed by atoms with van der Waals surface area (Å²) in [4.78, 5) is 27.5. The van der Waals surface area contributed by atoms with Crippen LogP contribution in [0.15, 0.2) is 24.5 Å². The van der Waals surface area contributed by atoms with Gasteiger partial charge in [-0.25, -0.2) is 9.97 Å². The Hall–Kier alpha value is -2.77. The molecule has 0 N–H and O–H groups in total. The summed E-state index contributed by atoms with van der Waals surface area (Å²) in [5.41, 5.74) is 1.37. The zero-order valence-electron chi connectivity index (χ0n) is 15.7. The Balaban J connectivity index is 1.36. The average Bonchev–Trinajstić information content (AvgIpc) is 2.74. The molecule has 142 valence electrons. The van der Waals surface area contributed by atoms with E-state index in [4.69, 9.17) is 0 Å². The Bertz CT molecular complexity index is 781. The first-order valence-electron chi connectivity index (χ1n) is 9.62. The van der Waals surface area contributed by atoms with E-state index in [1.54, 1.807) is 12.4 Å². The highest BCUT2D eigenvalue weighted by Crippen LogP contribution is 2.18. The molecule has 2 aliphatic rings. The summed E-state index contributed by atoms with van der Waals surface area (Å²) >= 11 is 0. The highest BCUT2D eigenvalue weighted by Gasteiger charge is 2.24. The third kappa shape index (κ3) is 3.99. The Labute approximate surface area is 159 Å². The van der Waals surface area contributed by atoms with E-state index in [1.807, 2.05) is 24.0 Å². The molecule has 0 spiro atoms. The van der Waals surface area contributed by atoms with Gasteiger partial charge in [0.15, 0.2) is 11.5 Å². The van der Waals surface area contributed by atoms with Crippen LogP contribution in [0.25, 0.3) is 0 Å². The lowest BCUT2D eigenvalue weighted by atomic mass is 10.1. The van der Waals surface area contributed by atoms with Crippen molar-refractivity contribution in [3.8, 4) is 0 Å². The predicted octanol–water partition coefficient (Wildman–Crippen LogP) is 1.53. The minimum absolute atomic E-state index is 0.0498. The maximum Gasteiger partial charge on any atom is 0.274 e. The Morgan fingerprint density at radius 3 is 2.26 bits per heavy atom. The normalized spacial score (nSPS) is 17.9. The third-order valence-electron chi connectivity index (χ3n) is 5.23. The van der Waals surface area contributed by atoms with E-state index >= 15 is 0 Å². The second-order valence-electron chi connectivity index (χ2n) is 7.12. The van der Waals surface area contributed by atoms with Gasteiger partial charge in [-0.15, -0.1) is 10.2 Å². The molecule has 8 nitrogen and oxygen atoms in total. The number of anilines is 2. The van der Waals surface area contributed by atoms with Crippen molar-refractivity contribution in [2.24, 2.45) is 0 Å². The first-order chi connectivity index (χ1) is 13.2. The van der Waals surface area contributed by atoms with Crippen molar-refractivity contribution in [2.45, 2.75) is 26.2 Å². The smallest absolute Gasteiger partial charge is 0.274 e. The quantitative estimate of drug-likeness (QED) is 0.814. The average molecular weight is 367 g/mol. The van der Waals surface area contributed by atoms with Crippen molar-refractivity contribution in [2.75, 3.05) is 49.1 Å². The summed E-state index contributed by atoms with van der Waals surface area (Å²) in [6, 6.07) is 5.70. The molecular weight excluding hydrogens is 342 g/mol. The molecule has 0 unspecified atom stereocenters. The summed E-state index contributed by atoms with van der Waals surface area (Å²) in [6.07, 6.45) is 5.25. The van der Waals surface area contributed by atoms with E-state index in [-0.39, 0.29) is 5.91 Å². The van der Waals surface area contributed by atoms with Crippen LogP contribution in [0.5, 0.6) is 0 Å². The molecule has 2 aromatic rings. The molecular formula is C19H25N7O. The minimum Gasteiger partial charge on any atom is -0.355 e. The molecule has 0 radical (unpaired) electrons. The van der Waals surface area contributed by atoms with E-state index in [9.17, 15) is 4.79 Å². The number of hydrogen-bond acceptors (Lipinski definition) is 7. The van der Waals surface area contributed by atoms with Gasteiger partial charge in [0.25, 0.3) is 5.91 Å². The Kier molecular flexibility index (Phi) is 5.13. The minimum atomic E-state index is -0.0498. The molecule has 0 aromatic carbocycles. The number of rotatable bonds is 3. The van der Waals surface area contributed by atoms with E-state index < -0.39 is 0 Å². The number of piperazine rings is 1. The lowest BCUT2D eigenvalue weighted by Gasteiger charge is -2.35. The van der Waals surface area contributed by atoms with E-state index in [0.29, 0.717) is 18.8 Å². The molecule has 0 aliphatic carbocycles. The van der Waals surface area contributed by atoms with Crippen LogP contribution in [0.2, 0.25) is 0 Å². The molecule has 1 amide bonds. The van der Waals surface area contributed by atoms with Crippen molar-refractivity contribution in [3.63, 3.8) is 0 Å². The number of carbonyl (C=O) groups excluding carboxylic acids is 1. The molecule has 0 atom stereocenters. The highest BCUT2D eigenvalue weighted by atomic mass is 16.2. The van der Waals surface area contributed by atoms with Crippen LogP contribution in [-0.2, 0) is 0 Å². The molecule has 2 aromatic heterocycles. The maximum atomic E-state index is 12.8. The fourth-order valence-electron chi connectivity index (χ4n) is 3.64. The zero-order valence-corrected chi connectivity index (χ0v) is 15.7. The molecule has 2 aliphatic heterocycles. The summed E-state index contributed by atoms with van der Waals surface area (Å²) < 4.78 is 0. The second kappa shape index (κ2) is 7.85. The molecule has 4 rings (SSSR count). The number of aromatic nitrogens is 4. The standard InChI is InChI=1S/C19H25N7O/c1-15-13-18(21-14-20-15)25-9-11-26(12-10-25)19(27)16-5-6-17(23-22-16)24-7-3-2-4-8-24/h5-6,13-14H,2-4,7-12H2,1H3. The van der Waals surface area contributed by atoms with Gasteiger partial charge < -0.3 is 14.7 Å². The maximum absolute atomic E-state index is 12.8. The van der Waals surface area contributed by atoms with Crippen LogP contribution < -0.4 is 9.80 Å². The lowest BCUT2D eigenvalue weighted by molar-refractivity contribution is 0.0739. The molecule has 27 heavy (non-hydrogen) atoms. The van der Waals surface area contributed by atoms with Crippen molar-refractivity contribution >= 4 is 17.5 Å². The van der Waals surface area contributed by atoms with Crippen LogP contribution >= 0.6 is 0 Å². The van der Waals surface area contributed by atoms with Gasteiger partial charge in [-0.2, -0.15) is 0 Å². The molecule has 2 saturated heterocycles. The summed E-state index contributed by atoms with van der Waals surface area (Å²) in [5, 5.41) is 8.49. The molecule has 2 fully saturated rings. The molecule has 4 heterocycles. The first-order valence-corrected chi connectivity index (χ1v) is 9.62. The van der Waals surface area contributed by atoms with Gasteiger partial charge in [0, 0.05) is 51.0 Å². The monoisotopic (exact) mass is 367 g/mol. The van der Waals surface area contributed by atoms with E-state index in [1.165, 1.54) is 19.3 Å². The fraction of sp³-hybridized carbons (Fsp3) is 0.526. The SMILES string of the molecule is Cc1cc(N2CCN(C(=O)c3ccc(N4CCCCC4)nn3)CC2)ncn1. The zero-order chi connectivity index (χ0) is 18.6. The van der Waals surface area contributed by atoms with Crippen molar-refractivity contribution < 1.29 is 4.79 Å². The van der Waals surface area contributed by atoms with Gasteiger partial charge >= 0.3 is 0 Å². The van der Waals surface area contributed by atoms with Gasteiger partial charge in [0.05, 0.1) is 0 Å². The van der Waals surface area contributed by atoms with Crippen molar-refractivity contribution in [1.82, 2.24) is 25.1 Å². The first kappa shape index (κ1) is 17.6. The Morgan fingerprint density at radius 1 is 0.852 bits per heavy atom. The number of hydrogen-bond donors (Lipinski definition) is 0. The number of carbonyl (C=O) groups is 1. The van der Waals surface area contributed by atoms with Crippen LogP contribution in [0, 0.1) is 6.92 Å². The van der Waals surface area contributed by atoms with E-state index in [0.717, 1.165) is 43.5 Å². The van der Waals surface area contributed by atoms with Gasteiger partial charge in [-0.05, 0) is 38.3 Å². The van der Waals surface area contributed by atoms with Crippen molar-refractivity contribution in [1.29, 1.82) is 0 Å². The predicted molar refractivity (Wildman–Crippen MR) is 103 cm³/mol. The van der Waals surface area contributed by atoms with Crippen LogP contribution in [0.3, 0.4) is 0 Å².